The first kappa shape index (κ1) is 16.9. The molecule has 1 amide bonds. The standard InChI is InChI=1S/C20H21NO4/c1-13-10-16(14-4-7-17(24-2)8-5-14)12-21(13)20(23)15-6-9-18(22)19(11-15)25-3/h4-9,11-13,22H,10H2,1-3H3. The second kappa shape index (κ2) is 6.89. The maximum atomic E-state index is 12.8. The molecule has 5 nitrogen and oxygen atoms in total. The fourth-order valence-corrected chi connectivity index (χ4v) is 2.98. The number of methoxy groups -OCH3 is 2. The Morgan fingerprint density at radius 1 is 1.12 bits per heavy atom. The lowest BCUT2D eigenvalue weighted by Crippen LogP contribution is -2.30. The molecule has 0 radical (unpaired) electrons. The van der Waals surface area contributed by atoms with Crippen LogP contribution in [0.15, 0.2) is 48.7 Å². The number of hydrogen-bond donors (Lipinski definition) is 1. The van der Waals surface area contributed by atoms with Crippen LogP contribution in [-0.4, -0.2) is 36.2 Å². The molecular weight excluding hydrogens is 318 g/mol. The first-order valence-corrected chi connectivity index (χ1v) is 8.08. The molecule has 0 spiro atoms. The van der Waals surface area contributed by atoms with Gasteiger partial charge in [0.15, 0.2) is 11.5 Å². The second-order valence-corrected chi connectivity index (χ2v) is 6.04. The molecule has 0 fully saturated rings. The lowest BCUT2D eigenvalue weighted by atomic mass is 10.0. The maximum Gasteiger partial charge on any atom is 0.258 e. The highest BCUT2D eigenvalue weighted by atomic mass is 16.5. The lowest BCUT2D eigenvalue weighted by molar-refractivity contribution is 0.0793. The number of carbonyl (C=O) groups is 1. The van der Waals surface area contributed by atoms with Crippen molar-refractivity contribution in [2.24, 2.45) is 0 Å². The molecule has 2 aromatic carbocycles. The Kier molecular flexibility index (Phi) is 4.65. The molecular formula is C20H21NO4. The summed E-state index contributed by atoms with van der Waals surface area (Å²) >= 11 is 0. The number of amides is 1. The van der Waals surface area contributed by atoms with Gasteiger partial charge in [-0.15, -0.1) is 0 Å². The zero-order valence-corrected chi connectivity index (χ0v) is 14.5. The van der Waals surface area contributed by atoms with E-state index < -0.39 is 0 Å². The highest BCUT2D eigenvalue weighted by Crippen LogP contribution is 2.33. The largest absolute Gasteiger partial charge is 0.504 e. The van der Waals surface area contributed by atoms with Crippen LogP contribution in [0.25, 0.3) is 5.57 Å². The van der Waals surface area contributed by atoms with Gasteiger partial charge in [0.25, 0.3) is 5.91 Å². The van der Waals surface area contributed by atoms with Gasteiger partial charge in [-0.05, 0) is 54.8 Å². The summed E-state index contributed by atoms with van der Waals surface area (Å²) in [4.78, 5) is 14.6. The van der Waals surface area contributed by atoms with Crippen LogP contribution in [0, 0.1) is 0 Å². The molecule has 1 aliphatic rings. The normalized spacial score (nSPS) is 16.5. The fourth-order valence-electron chi connectivity index (χ4n) is 2.98. The third-order valence-corrected chi connectivity index (χ3v) is 4.41. The van der Waals surface area contributed by atoms with Crippen LogP contribution in [0.2, 0.25) is 0 Å². The summed E-state index contributed by atoms with van der Waals surface area (Å²) in [5.74, 6) is 0.994. The first-order valence-electron chi connectivity index (χ1n) is 8.08. The van der Waals surface area contributed by atoms with Crippen molar-refractivity contribution in [1.29, 1.82) is 0 Å². The molecule has 2 aromatic rings. The van der Waals surface area contributed by atoms with E-state index in [-0.39, 0.29) is 23.4 Å². The van der Waals surface area contributed by atoms with E-state index in [1.54, 1.807) is 24.1 Å². The van der Waals surface area contributed by atoms with E-state index >= 15 is 0 Å². The minimum atomic E-state index is -0.116. The molecule has 1 aliphatic heterocycles. The first-order chi connectivity index (χ1) is 12.0. The highest BCUT2D eigenvalue weighted by Gasteiger charge is 2.27. The number of benzene rings is 2. The zero-order chi connectivity index (χ0) is 18.0. The van der Waals surface area contributed by atoms with Crippen LogP contribution in [-0.2, 0) is 0 Å². The summed E-state index contributed by atoms with van der Waals surface area (Å²) in [6.45, 7) is 2.02. The molecule has 0 bridgehead atoms. The quantitative estimate of drug-likeness (QED) is 0.923. The third-order valence-electron chi connectivity index (χ3n) is 4.41. The van der Waals surface area contributed by atoms with E-state index in [2.05, 4.69) is 0 Å². The maximum absolute atomic E-state index is 12.8. The Labute approximate surface area is 147 Å². The predicted molar refractivity (Wildman–Crippen MR) is 95.9 cm³/mol. The number of carbonyl (C=O) groups excluding carboxylic acids is 1. The number of phenols is 1. The lowest BCUT2D eigenvalue weighted by Gasteiger charge is -2.20. The number of nitrogens with zero attached hydrogens (tertiary/aromatic N) is 1. The fraction of sp³-hybridized carbons (Fsp3) is 0.250. The van der Waals surface area contributed by atoms with Crippen LogP contribution < -0.4 is 9.47 Å². The average molecular weight is 339 g/mol. The van der Waals surface area contributed by atoms with Gasteiger partial charge in [0.05, 0.1) is 14.2 Å². The van der Waals surface area contributed by atoms with Crippen molar-refractivity contribution in [1.82, 2.24) is 4.90 Å². The Balaban J connectivity index is 1.86. The second-order valence-electron chi connectivity index (χ2n) is 6.04. The molecule has 1 heterocycles. The molecule has 0 saturated heterocycles. The number of ether oxygens (including phenoxy) is 2. The molecule has 130 valence electrons. The van der Waals surface area contributed by atoms with E-state index in [1.807, 2.05) is 37.4 Å². The van der Waals surface area contributed by atoms with Gasteiger partial charge >= 0.3 is 0 Å². The van der Waals surface area contributed by atoms with Crippen LogP contribution >= 0.6 is 0 Å². The van der Waals surface area contributed by atoms with Gasteiger partial charge in [-0.25, -0.2) is 0 Å². The summed E-state index contributed by atoms with van der Waals surface area (Å²) in [5.41, 5.74) is 2.66. The van der Waals surface area contributed by atoms with E-state index in [0.717, 1.165) is 23.3 Å². The predicted octanol–water partition coefficient (Wildman–Crippen LogP) is 3.68. The van der Waals surface area contributed by atoms with E-state index in [0.29, 0.717) is 5.56 Å². The van der Waals surface area contributed by atoms with E-state index in [9.17, 15) is 9.90 Å². The van der Waals surface area contributed by atoms with Gasteiger partial charge in [-0.3, -0.25) is 4.79 Å². The Hall–Kier alpha value is -2.95. The van der Waals surface area contributed by atoms with Gasteiger partial charge in [0.2, 0.25) is 0 Å². The number of rotatable bonds is 4. The molecule has 0 saturated carbocycles. The van der Waals surface area contributed by atoms with Crippen molar-refractivity contribution in [3.8, 4) is 17.2 Å². The zero-order valence-electron chi connectivity index (χ0n) is 14.5. The van der Waals surface area contributed by atoms with Crippen LogP contribution in [0.4, 0.5) is 0 Å². The monoisotopic (exact) mass is 339 g/mol. The van der Waals surface area contributed by atoms with Gasteiger partial charge in [0, 0.05) is 17.8 Å². The number of phenolic OH excluding ortho intramolecular Hbond substituents is 1. The Bertz CT molecular complexity index is 811. The van der Waals surface area contributed by atoms with Gasteiger partial charge in [-0.2, -0.15) is 0 Å². The molecule has 0 aromatic heterocycles. The summed E-state index contributed by atoms with van der Waals surface area (Å²) in [7, 11) is 3.10. The Morgan fingerprint density at radius 3 is 2.48 bits per heavy atom. The molecule has 1 N–H and O–H groups in total. The van der Waals surface area contributed by atoms with E-state index in [4.69, 9.17) is 9.47 Å². The summed E-state index contributed by atoms with van der Waals surface area (Å²) in [6, 6.07) is 12.5. The minimum absolute atomic E-state index is 0.0167. The molecule has 1 unspecified atom stereocenters. The molecule has 5 heteroatoms. The molecule has 3 rings (SSSR count). The number of hydrogen-bond acceptors (Lipinski definition) is 4. The average Bonchev–Trinajstić information content (AvgIpc) is 3.03. The molecule has 1 atom stereocenters. The van der Waals surface area contributed by atoms with Crippen molar-refractivity contribution >= 4 is 11.5 Å². The highest BCUT2D eigenvalue weighted by molar-refractivity contribution is 5.97. The summed E-state index contributed by atoms with van der Waals surface area (Å²) in [5, 5.41) is 9.70. The van der Waals surface area contributed by atoms with E-state index in [1.165, 1.54) is 13.2 Å². The number of aromatic hydroxyl groups is 1. The summed E-state index contributed by atoms with van der Waals surface area (Å²) in [6.07, 6.45) is 2.68. The SMILES string of the molecule is COc1ccc(C2=CN(C(=O)c3ccc(O)c(OC)c3)C(C)C2)cc1. The van der Waals surface area contributed by atoms with Crippen molar-refractivity contribution in [3.05, 3.63) is 59.8 Å². The van der Waals surface area contributed by atoms with Crippen molar-refractivity contribution < 1.29 is 19.4 Å². The summed E-state index contributed by atoms with van der Waals surface area (Å²) < 4.78 is 10.3. The van der Waals surface area contributed by atoms with Crippen molar-refractivity contribution in [3.63, 3.8) is 0 Å². The van der Waals surface area contributed by atoms with Gasteiger partial charge in [-0.1, -0.05) is 12.1 Å². The van der Waals surface area contributed by atoms with Gasteiger partial charge < -0.3 is 19.5 Å². The molecule has 25 heavy (non-hydrogen) atoms. The Morgan fingerprint density at radius 2 is 1.84 bits per heavy atom. The third kappa shape index (κ3) is 3.31. The van der Waals surface area contributed by atoms with Crippen molar-refractivity contribution in [2.75, 3.05) is 14.2 Å². The molecule has 0 aliphatic carbocycles. The van der Waals surface area contributed by atoms with Crippen LogP contribution in [0.3, 0.4) is 0 Å². The van der Waals surface area contributed by atoms with Crippen LogP contribution in [0.5, 0.6) is 17.2 Å². The smallest absolute Gasteiger partial charge is 0.258 e. The van der Waals surface area contributed by atoms with Gasteiger partial charge in [0.1, 0.15) is 5.75 Å². The van der Waals surface area contributed by atoms with Crippen LogP contribution in [0.1, 0.15) is 29.3 Å². The minimum Gasteiger partial charge on any atom is -0.504 e. The topological polar surface area (TPSA) is 59.0 Å². The van der Waals surface area contributed by atoms with Crippen molar-refractivity contribution in [2.45, 2.75) is 19.4 Å².